The molecule has 11 heteroatoms. The summed E-state index contributed by atoms with van der Waals surface area (Å²) >= 11 is 4.44. The molecule has 1 aliphatic heterocycles. The standard InChI is InChI=1S/C36H41ClFN5O3S/c1-23-18-32(43(22-23)34(45)40-29-13-11-28(37)12-14-29)33(44)41-31-20-27(10-15-30(31)38)36(17-16-24-8-9-24,42-47(46)35(2,3)4)26-7-5-6-25(19-26)21-39/h5-7,10-15,19-20,23-24,32,42H,8-9,16-18,22H2,1-4H3,(H,40,45)(H,41,44)/t23-,32-,36?,47?/m0/s1. The molecule has 0 aromatic heterocycles. The van der Waals surface area contributed by atoms with Crippen molar-refractivity contribution in [2.75, 3.05) is 17.2 Å². The highest BCUT2D eigenvalue weighted by Crippen LogP contribution is 2.43. The lowest BCUT2D eigenvalue weighted by atomic mass is 9.79. The van der Waals surface area contributed by atoms with Gasteiger partial charge in [0.05, 0.1) is 17.3 Å². The molecule has 248 valence electrons. The predicted molar refractivity (Wildman–Crippen MR) is 185 cm³/mol. The van der Waals surface area contributed by atoms with E-state index in [4.69, 9.17) is 11.6 Å². The van der Waals surface area contributed by atoms with Crippen molar-refractivity contribution in [3.8, 4) is 6.07 Å². The number of hydrogen-bond acceptors (Lipinski definition) is 5. The number of hydrogen-bond donors (Lipinski definition) is 3. The van der Waals surface area contributed by atoms with E-state index in [1.165, 1.54) is 11.0 Å². The van der Waals surface area contributed by atoms with Crippen LogP contribution in [0.5, 0.6) is 0 Å². The van der Waals surface area contributed by atoms with Gasteiger partial charge in [-0.3, -0.25) is 4.79 Å². The molecule has 8 nitrogen and oxygen atoms in total. The first-order valence-electron chi connectivity index (χ1n) is 15.9. The van der Waals surface area contributed by atoms with Crippen LogP contribution in [0.2, 0.25) is 5.02 Å². The second-order valence-electron chi connectivity index (χ2n) is 13.7. The zero-order valence-corrected chi connectivity index (χ0v) is 28.7. The van der Waals surface area contributed by atoms with Crippen LogP contribution in [0.4, 0.5) is 20.6 Å². The van der Waals surface area contributed by atoms with E-state index in [9.17, 15) is 19.4 Å². The van der Waals surface area contributed by atoms with Crippen molar-refractivity contribution in [3.05, 3.63) is 94.3 Å². The molecule has 3 amide bonds. The van der Waals surface area contributed by atoms with Crippen LogP contribution in [0.3, 0.4) is 0 Å². The SMILES string of the molecule is C[C@H]1C[C@@H](C(=O)Nc2cc(C(CCC3CC3)(N[S+]([O-])C(C)(C)C)c3cccc(C#N)c3)ccc2F)N(C(=O)Nc2ccc(Cl)cc2)C1. The first-order chi connectivity index (χ1) is 22.3. The molecule has 47 heavy (non-hydrogen) atoms. The molecule has 0 spiro atoms. The van der Waals surface area contributed by atoms with Gasteiger partial charge in [0, 0.05) is 28.6 Å². The van der Waals surface area contributed by atoms with Crippen molar-refractivity contribution < 1.29 is 18.5 Å². The van der Waals surface area contributed by atoms with Crippen LogP contribution >= 0.6 is 11.6 Å². The second-order valence-corrected chi connectivity index (χ2v) is 16.1. The van der Waals surface area contributed by atoms with Gasteiger partial charge in [-0.1, -0.05) is 49.6 Å². The van der Waals surface area contributed by atoms with Gasteiger partial charge in [0.2, 0.25) is 5.91 Å². The molecule has 4 atom stereocenters. The summed E-state index contributed by atoms with van der Waals surface area (Å²) in [4.78, 5) is 28.5. The third-order valence-corrected chi connectivity index (χ3v) is 10.7. The maximum atomic E-state index is 15.5. The van der Waals surface area contributed by atoms with Gasteiger partial charge in [-0.2, -0.15) is 5.26 Å². The quantitative estimate of drug-likeness (QED) is 0.190. The molecule has 2 fully saturated rings. The molecular weight excluding hydrogens is 637 g/mol. The highest BCUT2D eigenvalue weighted by molar-refractivity contribution is 7.90. The molecule has 5 rings (SSSR count). The van der Waals surface area contributed by atoms with E-state index < -0.39 is 45.4 Å². The molecule has 1 saturated carbocycles. The average Bonchev–Trinajstić information content (AvgIpc) is 3.79. The number of likely N-dealkylation sites (tertiary alicyclic amines) is 1. The van der Waals surface area contributed by atoms with E-state index in [1.54, 1.807) is 54.6 Å². The van der Waals surface area contributed by atoms with Crippen LogP contribution in [0.1, 0.15) is 76.5 Å². The Morgan fingerprint density at radius 3 is 2.43 bits per heavy atom. The van der Waals surface area contributed by atoms with Gasteiger partial charge in [0.1, 0.15) is 22.1 Å². The number of nitrogens with zero attached hydrogens (tertiary/aromatic N) is 2. The normalized spacial score (nSPS) is 19.8. The Morgan fingerprint density at radius 1 is 1.06 bits per heavy atom. The summed E-state index contributed by atoms with van der Waals surface area (Å²) in [5.41, 5.74) is 1.24. The number of anilines is 2. The fourth-order valence-corrected chi connectivity index (χ4v) is 7.05. The lowest BCUT2D eigenvalue weighted by Gasteiger charge is -2.39. The molecule has 3 aromatic rings. The molecule has 1 saturated heterocycles. The monoisotopic (exact) mass is 677 g/mol. The van der Waals surface area contributed by atoms with Gasteiger partial charge in [-0.15, -0.1) is 4.72 Å². The zero-order valence-electron chi connectivity index (χ0n) is 27.1. The Hall–Kier alpha value is -3.62. The number of nitrogens with one attached hydrogen (secondary N) is 3. The molecule has 0 radical (unpaired) electrons. The van der Waals surface area contributed by atoms with E-state index in [1.807, 2.05) is 33.8 Å². The first-order valence-corrected chi connectivity index (χ1v) is 17.5. The van der Waals surface area contributed by atoms with Crippen molar-refractivity contribution in [2.24, 2.45) is 11.8 Å². The number of carbonyl (C=O) groups excluding carboxylic acids is 2. The number of halogens is 2. The summed E-state index contributed by atoms with van der Waals surface area (Å²) in [6, 6.07) is 19.3. The van der Waals surface area contributed by atoms with Gasteiger partial charge >= 0.3 is 6.03 Å². The second kappa shape index (κ2) is 14.2. The Morgan fingerprint density at radius 2 is 1.77 bits per heavy atom. The van der Waals surface area contributed by atoms with E-state index in [-0.39, 0.29) is 11.6 Å². The third-order valence-electron chi connectivity index (χ3n) is 8.82. The molecule has 3 N–H and O–H groups in total. The minimum Gasteiger partial charge on any atom is -0.598 e. The van der Waals surface area contributed by atoms with Crippen LogP contribution < -0.4 is 15.4 Å². The van der Waals surface area contributed by atoms with Crippen molar-refractivity contribution in [1.29, 1.82) is 5.26 Å². The summed E-state index contributed by atoms with van der Waals surface area (Å²) < 4.78 is 32.1. The minimum absolute atomic E-state index is 0.0410. The molecule has 1 aliphatic carbocycles. The maximum Gasteiger partial charge on any atom is 0.322 e. The number of benzene rings is 3. The fraction of sp³-hybridized carbons (Fsp3) is 0.417. The van der Waals surface area contributed by atoms with Crippen LogP contribution in [0, 0.1) is 29.0 Å². The minimum atomic E-state index is -1.54. The van der Waals surface area contributed by atoms with E-state index >= 15 is 4.39 Å². The maximum absolute atomic E-state index is 15.5. The highest BCUT2D eigenvalue weighted by atomic mass is 35.5. The Balaban J connectivity index is 1.48. The molecule has 3 aromatic carbocycles. The summed E-state index contributed by atoms with van der Waals surface area (Å²) in [5, 5.41) is 15.9. The van der Waals surface area contributed by atoms with Crippen molar-refractivity contribution >= 4 is 46.3 Å². The lowest BCUT2D eigenvalue weighted by Crippen LogP contribution is -2.52. The van der Waals surface area contributed by atoms with Crippen LogP contribution in [-0.2, 0) is 21.7 Å². The molecule has 0 bridgehead atoms. The highest BCUT2D eigenvalue weighted by Gasteiger charge is 2.44. The van der Waals surface area contributed by atoms with Crippen LogP contribution in [0.15, 0.2) is 66.7 Å². The van der Waals surface area contributed by atoms with Gasteiger partial charge < -0.3 is 20.1 Å². The first kappa shape index (κ1) is 34.7. The van der Waals surface area contributed by atoms with E-state index in [0.29, 0.717) is 47.1 Å². The smallest absolute Gasteiger partial charge is 0.322 e. The molecule has 2 aliphatic rings. The van der Waals surface area contributed by atoms with Gasteiger partial charge in [-0.25, -0.2) is 9.18 Å². The van der Waals surface area contributed by atoms with Crippen molar-refractivity contribution in [3.63, 3.8) is 0 Å². The Kier molecular flexibility index (Phi) is 10.5. The van der Waals surface area contributed by atoms with E-state index in [2.05, 4.69) is 21.4 Å². The summed E-state index contributed by atoms with van der Waals surface area (Å²) in [6.07, 6.45) is 4.03. The van der Waals surface area contributed by atoms with Gasteiger partial charge in [0.25, 0.3) is 0 Å². The third kappa shape index (κ3) is 8.28. The fourth-order valence-electron chi connectivity index (χ4n) is 5.97. The van der Waals surface area contributed by atoms with Crippen LogP contribution in [-0.4, -0.2) is 38.7 Å². The van der Waals surface area contributed by atoms with Crippen molar-refractivity contribution in [1.82, 2.24) is 9.62 Å². The van der Waals surface area contributed by atoms with Gasteiger partial charge in [0.15, 0.2) is 0 Å². The Labute approximate surface area is 284 Å². The van der Waals surface area contributed by atoms with Crippen LogP contribution in [0.25, 0.3) is 0 Å². The average molecular weight is 678 g/mol. The number of rotatable bonds is 10. The topological polar surface area (TPSA) is 120 Å². The van der Waals surface area contributed by atoms with Crippen molar-refractivity contribution in [2.45, 2.75) is 76.1 Å². The lowest BCUT2D eigenvalue weighted by molar-refractivity contribution is -0.119. The number of carbonyl (C=O) groups is 2. The number of nitriles is 1. The Bertz CT molecular complexity index is 1660. The predicted octanol–water partition coefficient (Wildman–Crippen LogP) is 7.72. The molecule has 1 heterocycles. The molecule has 2 unspecified atom stereocenters. The van der Waals surface area contributed by atoms with Gasteiger partial charge in [-0.05, 0) is 112 Å². The molecular formula is C36H41ClFN5O3S. The largest absolute Gasteiger partial charge is 0.598 e. The number of amides is 3. The number of urea groups is 1. The summed E-state index contributed by atoms with van der Waals surface area (Å²) in [6.45, 7) is 7.95. The zero-order chi connectivity index (χ0) is 33.9. The van der Waals surface area contributed by atoms with E-state index in [0.717, 1.165) is 24.8 Å². The summed E-state index contributed by atoms with van der Waals surface area (Å²) in [5.74, 6) is -0.550. The summed E-state index contributed by atoms with van der Waals surface area (Å²) in [7, 11) is 0.